The molecule has 2 unspecified atom stereocenters. The first kappa shape index (κ1) is 28.1. The number of epoxide rings is 1. The van der Waals surface area contributed by atoms with Crippen LogP contribution in [0.2, 0.25) is 0 Å². The molecule has 0 radical (unpaired) electrons. The van der Waals surface area contributed by atoms with Gasteiger partial charge in [0.25, 0.3) is 0 Å². The molecule has 0 N–H and O–H groups in total. The Labute approximate surface area is 202 Å². The van der Waals surface area contributed by atoms with E-state index >= 15 is 0 Å². The maximum Gasteiger partial charge on any atom is 0.342 e. The van der Waals surface area contributed by atoms with Crippen LogP contribution in [0, 0.1) is 11.8 Å². The monoisotopic (exact) mass is 466 g/mol. The minimum absolute atomic E-state index is 0.357. The average Bonchev–Trinajstić information content (AvgIpc) is 3.49. The van der Waals surface area contributed by atoms with Crippen LogP contribution in [0.4, 0.5) is 0 Å². The van der Waals surface area contributed by atoms with Crippen molar-refractivity contribution >= 4 is 11.9 Å². The van der Waals surface area contributed by atoms with Crippen LogP contribution < -0.4 is 0 Å². The molecular formula is C28H50O5. The van der Waals surface area contributed by atoms with Crippen LogP contribution >= 0.6 is 0 Å². The Hall–Kier alpha value is -1.10. The molecule has 192 valence electrons. The van der Waals surface area contributed by atoms with Crippen LogP contribution in [0.25, 0.3) is 0 Å². The lowest BCUT2D eigenvalue weighted by Gasteiger charge is -2.22. The highest BCUT2D eigenvalue weighted by molar-refractivity contribution is 5.98. The predicted molar refractivity (Wildman–Crippen MR) is 132 cm³/mol. The van der Waals surface area contributed by atoms with Gasteiger partial charge < -0.3 is 14.2 Å². The number of hydrogen-bond donors (Lipinski definition) is 0. The first-order valence-electron chi connectivity index (χ1n) is 13.9. The molecule has 1 saturated carbocycles. The van der Waals surface area contributed by atoms with Gasteiger partial charge in [-0.15, -0.1) is 0 Å². The van der Waals surface area contributed by atoms with E-state index in [2.05, 4.69) is 27.7 Å². The molecule has 5 heteroatoms. The lowest BCUT2D eigenvalue weighted by Crippen LogP contribution is -2.44. The van der Waals surface area contributed by atoms with Gasteiger partial charge in [0, 0.05) is 0 Å². The predicted octanol–water partition coefficient (Wildman–Crippen LogP) is 7.15. The van der Waals surface area contributed by atoms with E-state index in [4.69, 9.17) is 14.2 Å². The Morgan fingerprint density at radius 3 is 1.39 bits per heavy atom. The molecule has 0 aromatic rings. The van der Waals surface area contributed by atoms with Crippen molar-refractivity contribution in [2.45, 2.75) is 142 Å². The van der Waals surface area contributed by atoms with Crippen molar-refractivity contribution in [2.24, 2.45) is 11.8 Å². The van der Waals surface area contributed by atoms with E-state index in [1.807, 2.05) is 0 Å². The summed E-state index contributed by atoms with van der Waals surface area (Å²) in [6.07, 6.45) is 16.7. The standard InChI is InChI=1S/C28H50O5/c1-23(2)17-11-7-5-9-15-21-31-25(29)27-19-13-14-20-28(27,33-27)26(30)32-22-16-10-6-8-12-18-24(3)4/h23-24H,5-22H2,1-4H3. The Morgan fingerprint density at radius 2 is 1.00 bits per heavy atom. The highest BCUT2D eigenvalue weighted by Gasteiger charge is 2.81. The van der Waals surface area contributed by atoms with Crippen molar-refractivity contribution in [2.75, 3.05) is 13.2 Å². The van der Waals surface area contributed by atoms with Crippen molar-refractivity contribution in [1.82, 2.24) is 0 Å². The zero-order valence-electron chi connectivity index (χ0n) is 21.9. The minimum atomic E-state index is -1.09. The molecule has 1 aliphatic heterocycles. The number of carbonyl (C=O) groups is 2. The summed E-state index contributed by atoms with van der Waals surface area (Å²) in [6, 6.07) is 0. The number of fused-ring (bicyclic) bond motifs is 1. The number of unbranched alkanes of at least 4 members (excludes halogenated alkanes) is 8. The minimum Gasteiger partial charge on any atom is -0.463 e. The van der Waals surface area contributed by atoms with E-state index in [9.17, 15) is 9.59 Å². The van der Waals surface area contributed by atoms with Gasteiger partial charge in [0.1, 0.15) is 0 Å². The van der Waals surface area contributed by atoms with Gasteiger partial charge in [-0.1, -0.05) is 91.9 Å². The van der Waals surface area contributed by atoms with E-state index in [0.29, 0.717) is 26.1 Å². The summed E-state index contributed by atoms with van der Waals surface area (Å²) in [5.74, 6) is 0.824. The summed E-state index contributed by atoms with van der Waals surface area (Å²) in [6.45, 7) is 9.86. The van der Waals surface area contributed by atoms with Crippen LogP contribution in [0.1, 0.15) is 130 Å². The molecule has 1 heterocycles. The van der Waals surface area contributed by atoms with Crippen molar-refractivity contribution < 1.29 is 23.8 Å². The molecule has 1 aliphatic carbocycles. The third kappa shape index (κ3) is 8.56. The molecule has 0 aromatic carbocycles. The molecular weight excluding hydrogens is 416 g/mol. The average molecular weight is 467 g/mol. The number of ether oxygens (including phenoxy) is 3. The largest absolute Gasteiger partial charge is 0.463 e. The topological polar surface area (TPSA) is 65.1 Å². The fraction of sp³-hybridized carbons (Fsp3) is 0.929. The molecule has 5 nitrogen and oxygen atoms in total. The van der Waals surface area contributed by atoms with Crippen LogP contribution in [0.5, 0.6) is 0 Å². The SMILES string of the molecule is CC(C)CCCCCCCOC(=O)C12CCCCC1(C(=O)OCCCCCCCC(C)C)O2. The third-order valence-electron chi connectivity index (χ3n) is 7.24. The smallest absolute Gasteiger partial charge is 0.342 e. The summed E-state index contributed by atoms with van der Waals surface area (Å²) in [4.78, 5) is 25.7. The highest BCUT2D eigenvalue weighted by atomic mass is 16.7. The molecule has 0 aromatic heterocycles. The van der Waals surface area contributed by atoms with Crippen molar-refractivity contribution in [3.05, 3.63) is 0 Å². The Morgan fingerprint density at radius 1 is 0.636 bits per heavy atom. The number of carbonyl (C=O) groups excluding carboxylic acids is 2. The van der Waals surface area contributed by atoms with Crippen LogP contribution in [0.3, 0.4) is 0 Å². The van der Waals surface area contributed by atoms with Crippen LogP contribution in [-0.4, -0.2) is 36.4 Å². The number of esters is 2. The fourth-order valence-corrected chi connectivity index (χ4v) is 5.08. The lowest BCUT2D eigenvalue weighted by atomic mass is 9.79. The molecule has 2 aliphatic rings. The van der Waals surface area contributed by atoms with Crippen molar-refractivity contribution in [3.63, 3.8) is 0 Å². The van der Waals surface area contributed by atoms with Gasteiger partial charge in [-0.05, 0) is 50.4 Å². The second-order valence-corrected chi connectivity index (χ2v) is 11.1. The van der Waals surface area contributed by atoms with Crippen LogP contribution in [0.15, 0.2) is 0 Å². The molecule has 2 atom stereocenters. The van der Waals surface area contributed by atoms with Crippen molar-refractivity contribution in [3.8, 4) is 0 Å². The van der Waals surface area contributed by atoms with Gasteiger partial charge in [0.2, 0.25) is 11.2 Å². The maximum atomic E-state index is 12.9. The summed E-state index contributed by atoms with van der Waals surface area (Å²) in [5.41, 5.74) is -2.17. The molecule has 2 rings (SSSR count). The van der Waals surface area contributed by atoms with Crippen LogP contribution in [-0.2, 0) is 23.8 Å². The van der Waals surface area contributed by atoms with Crippen molar-refractivity contribution in [1.29, 1.82) is 0 Å². The molecule has 1 saturated heterocycles. The lowest BCUT2D eigenvalue weighted by molar-refractivity contribution is -0.155. The number of rotatable bonds is 18. The second-order valence-electron chi connectivity index (χ2n) is 11.1. The van der Waals surface area contributed by atoms with E-state index < -0.39 is 11.2 Å². The Kier molecular flexibility index (Phi) is 12.2. The highest BCUT2D eigenvalue weighted by Crippen LogP contribution is 2.59. The summed E-state index contributed by atoms with van der Waals surface area (Å²) >= 11 is 0. The number of hydrogen-bond acceptors (Lipinski definition) is 5. The van der Waals surface area contributed by atoms with Gasteiger partial charge in [-0.2, -0.15) is 0 Å². The fourth-order valence-electron chi connectivity index (χ4n) is 5.08. The zero-order chi connectivity index (χ0) is 24.2. The van der Waals surface area contributed by atoms with Gasteiger partial charge in [0.15, 0.2) is 0 Å². The van der Waals surface area contributed by atoms with E-state index in [0.717, 1.165) is 50.4 Å². The molecule has 0 bridgehead atoms. The van der Waals surface area contributed by atoms with E-state index in [1.54, 1.807) is 0 Å². The van der Waals surface area contributed by atoms with Gasteiger partial charge in [-0.3, -0.25) is 0 Å². The normalized spacial score (nSPS) is 24.1. The third-order valence-corrected chi connectivity index (χ3v) is 7.24. The summed E-state index contributed by atoms with van der Waals surface area (Å²) in [5, 5.41) is 0. The summed E-state index contributed by atoms with van der Waals surface area (Å²) < 4.78 is 17.0. The summed E-state index contributed by atoms with van der Waals surface area (Å²) in [7, 11) is 0. The second kappa shape index (κ2) is 14.3. The molecule has 2 fully saturated rings. The van der Waals surface area contributed by atoms with Gasteiger partial charge in [-0.25, -0.2) is 9.59 Å². The first-order chi connectivity index (χ1) is 15.8. The molecule has 0 spiro atoms. The Bertz CT molecular complexity index is 537. The zero-order valence-corrected chi connectivity index (χ0v) is 21.9. The maximum absolute atomic E-state index is 12.9. The van der Waals surface area contributed by atoms with E-state index in [-0.39, 0.29) is 11.9 Å². The van der Waals surface area contributed by atoms with Gasteiger partial charge in [0.05, 0.1) is 13.2 Å². The molecule has 33 heavy (non-hydrogen) atoms. The quantitative estimate of drug-likeness (QED) is 0.122. The van der Waals surface area contributed by atoms with E-state index in [1.165, 1.54) is 51.4 Å². The Balaban J connectivity index is 1.63. The first-order valence-corrected chi connectivity index (χ1v) is 13.9. The molecule has 0 amide bonds. The van der Waals surface area contributed by atoms with Gasteiger partial charge >= 0.3 is 11.9 Å².